The highest BCUT2D eigenvalue weighted by Gasteiger charge is 2.26. The molecule has 1 aliphatic rings. The summed E-state index contributed by atoms with van der Waals surface area (Å²) in [4.78, 5) is 22.4. The van der Waals surface area contributed by atoms with E-state index in [0.29, 0.717) is 32.7 Å². The second-order valence-electron chi connectivity index (χ2n) is 5.52. The molecule has 1 fully saturated rings. The Labute approximate surface area is 141 Å². The molecule has 0 atom stereocenters. The number of hydrogen-bond acceptors (Lipinski definition) is 6. The normalized spacial score (nSPS) is 15.9. The van der Waals surface area contributed by atoms with Gasteiger partial charge in [0.2, 0.25) is 10.0 Å². The summed E-state index contributed by atoms with van der Waals surface area (Å²) in [6.45, 7) is 2.65. The number of carbonyl (C=O) groups is 2. The van der Waals surface area contributed by atoms with Gasteiger partial charge < -0.3 is 9.47 Å². The molecule has 0 saturated carbocycles. The number of ketones is 1. The molecule has 0 aromatic heterocycles. The van der Waals surface area contributed by atoms with Crippen molar-refractivity contribution in [3.8, 4) is 0 Å². The molecule has 0 aliphatic carbocycles. The lowest BCUT2D eigenvalue weighted by Crippen LogP contribution is -2.40. The molecule has 1 aliphatic heterocycles. The van der Waals surface area contributed by atoms with Crippen molar-refractivity contribution < 1.29 is 27.5 Å². The monoisotopic (exact) mass is 355 g/mol. The van der Waals surface area contributed by atoms with Crippen molar-refractivity contribution in [3.63, 3.8) is 0 Å². The van der Waals surface area contributed by atoms with Crippen LogP contribution in [0.4, 0.5) is 0 Å². The van der Waals surface area contributed by atoms with Gasteiger partial charge in [-0.2, -0.15) is 4.31 Å². The maximum atomic E-state index is 12.5. The largest absolute Gasteiger partial charge is 0.458 e. The van der Waals surface area contributed by atoms with Gasteiger partial charge in [-0.3, -0.25) is 9.59 Å². The summed E-state index contributed by atoms with van der Waals surface area (Å²) in [6, 6.07) is 6.46. The van der Waals surface area contributed by atoms with Crippen LogP contribution in [0.2, 0.25) is 0 Å². The van der Waals surface area contributed by atoms with Crippen molar-refractivity contribution in [1.29, 1.82) is 0 Å². The first-order valence-corrected chi connectivity index (χ1v) is 9.15. The van der Waals surface area contributed by atoms with Crippen LogP contribution in [-0.4, -0.2) is 57.4 Å². The standard InChI is InChI=1S/C16H21NO6S/c1-13(18)12-23-16(19)7-4-14-2-5-15(6-3-14)24(20,21)17-8-10-22-11-9-17/h2-3,5-6H,4,7-12H2,1H3. The van der Waals surface area contributed by atoms with E-state index in [1.807, 2.05) is 0 Å². The fourth-order valence-electron chi connectivity index (χ4n) is 2.26. The van der Waals surface area contributed by atoms with Gasteiger partial charge in [0.25, 0.3) is 0 Å². The Morgan fingerprint density at radius 1 is 1.17 bits per heavy atom. The third-order valence-corrected chi connectivity index (χ3v) is 5.50. The highest BCUT2D eigenvalue weighted by Crippen LogP contribution is 2.18. The number of nitrogens with zero attached hydrogens (tertiary/aromatic N) is 1. The zero-order valence-corrected chi connectivity index (χ0v) is 14.4. The first-order valence-electron chi connectivity index (χ1n) is 7.71. The minimum absolute atomic E-state index is 0.142. The molecule has 2 rings (SSSR count). The molecule has 0 radical (unpaired) electrons. The molecular formula is C16H21NO6S. The molecular weight excluding hydrogens is 334 g/mol. The Kier molecular flexibility index (Phi) is 6.47. The van der Waals surface area contributed by atoms with Gasteiger partial charge in [-0.15, -0.1) is 0 Å². The van der Waals surface area contributed by atoms with Crippen LogP contribution in [0.15, 0.2) is 29.2 Å². The summed E-state index contributed by atoms with van der Waals surface area (Å²) in [7, 11) is -3.50. The van der Waals surface area contributed by atoms with Gasteiger partial charge in [-0.25, -0.2) is 8.42 Å². The topological polar surface area (TPSA) is 90.0 Å². The zero-order chi connectivity index (χ0) is 17.6. The Bertz CT molecular complexity index is 677. The van der Waals surface area contributed by atoms with Crippen molar-refractivity contribution in [2.24, 2.45) is 0 Å². The Hall–Kier alpha value is -1.77. The molecule has 1 heterocycles. The molecule has 132 valence electrons. The highest BCUT2D eigenvalue weighted by molar-refractivity contribution is 7.89. The molecule has 1 saturated heterocycles. The van der Waals surface area contributed by atoms with Gasteiger partial charge in [0.15, 0.2) is 5.78 Å². The molecule has 0 bridgehead atoms. The van der Waals surface area contributed by atoms with E-state index in [1.54, 1.807) is 24.3 Å². The van der Waals surface area contributed by atoms with E-state index in [9.17, 15) is 18.0 Å². The van der Waals surface area contributed by atoms with Gasteiger partial charge >= 0.3 is 5.97 Å². The second kappa shape index (κ2) is 8.36. The third kappa shape index (κ3) is 5.12. The highest BCUT2D eigenvalue weighted by atomic mass is 32.2. The molecule has 0 N–H and O–H groups in total. The van der Waals surface area contributed by atoms with Crippen LogP contribution in [0.25, 0.3) is 0 Å². The number of rotatable bonds is 7. The molecule has 0 spiro atoms. The fourth-order valence-corrected chi connectivity index (χ4v) is 3.67. The maximum absolute atomic E-state index is 12.5. The number of benzene rings is 1. The van der Waals surface area contributed by atoms with Crippen LogP contribution in [-0.2, 0) is 35.5 Å². The zero-order valence-electron chi connectivity index (χ0n) is 13.6. The predicted molar refractivity (Wildman–Crippen MR) is 86.0 cm³/mol. The summed E-state index contributed by atoms with van der Waals surface area (Å²) in [5.41, 5.74) is 0.829. The average molecular weight is 355 g/mol. The number of carbonyl (C=O) groups excluding carboxylic acids is 2. The maximum Gasteiger partial charge on any atom is 0.306 e. The third-order valence-electron chi connectivity index (χ3n) is 3.59. The quantitative estimate of drug-likeness (QED) is 0.671. The Balaban J connectivity index is 1.92. The fraction of sp³-hybridized carbons (Fsp3) is 0.500. The number of sulfonamides is 1. The van der Waals surface area contributed by atoms with Crippen LogP contribution in [0.1, 0.15) is 18.9 Å². The Morgan fingerprint density at radius 3 is 2.38 bits per heavy atom. The molecule has 1 aromatic rings. The average Bonchev–Trinajstić information content (AvgIpc) is 2.59. The first-order chi connectivity index (χ1) is 11.4. The lowest BCUT2D eigenvalue weighted by atomic mass is 10.1. The van der Waals surface area contributed by atoms with Crippen molar-refractivity contribution in [1.82, 2.24) is 4.31 Å². The van der Waals surface area contributed by atoms with E-state index in [0.717, 1.165) is 5.56 Å². The van der Waals surface area contributed by atoms with Crippen LogP contribution in [0.5, 0.6) is 0 Å². The summed E-state index contributed by atoms with van der Waals surface area (Å²) in [5, 5.41) is 0. The van der Waals surface area contributed by atoms with E-state index in [-0.39, 0.29) is 23.7 Å². The van der Waals surface area contributed by atoms with Crippen LogP contribution >= 0.6 is 0 Å². The number of esters is 1. The van der Waals surface area contributed by atoms with Crippen molar-refractivity contribution in [2.75, 3.05) is 32.9 Å². The van der Waals surface area contributed by atoms with Gasteiger partial charge in [-0.1, -0.05) is 12.1 Å². The molecule has 1 aromatic carbocycles. The van der Waals surface area contributed by atoms with Gasteiger partial charge in [0.05, 0.1) is 18.1 Å². The van der Waals surface area contributed by atoms with Crippen molar-refractivity contribution >= 4 is 21.8 Å². The lowest BCUT2D eigenvalue weighted by Gasteiger charge is -2.26. The number of Topliss-reactive ketones (excluding diaryl/α,β-unsaturated/α-hetero) is 1. The van der Waals surface area contributed by atoms with E-state index in [2.05, 4.69) is 0 Å². The minimum Gasteiger partial charge on any atom is -0.458 e. The van der Waals surface area contributed by atoms with Crippen LogP contribution in [0.3, 0.4) is 0 Å². The van der Waals surface area contributed by atoms with Gasteiger partial charge in [0, 0.05) is 19.5 Å². The predicted octanol–water partition coefficient (Wildman–Crippen LogP) is 0.772. The number of ether oxygens (including phenoxy) is 2. The first kappa shape index (κ1) is 18.6. The van der Waals surface area contributed by atoms with Gasteiger partial charge in [0.1, 0.15) is 6.61 Å². The lowest BCUT2D eigenvalue weighted by molar-refractivity contribution is -0.147. The number of hydrogen-bond donors (Lipinski definition) is 0. The van der Waals surface area contributed by atoms with E-state index >= 15 is 0 Å². The SMILES string of the molecule is CC(=O)COC(=O)CCc1ccc(S(=O)(=O)N2CCOCC2)cc1. The summed E-state index contributed by atoms with van der Waals surface area (Å²) < 4.78 is 36.3. The van der Waals surface area contributed by atoms with Gasteiger partial charge in [-0.05, 0) is 31.0 Å². The summed E-state index contributed by atoms with van der Waals surface area (Å²) in [6.07, 6.45) is 0.567. The molecule has 7 nitrogen and oxygen atoms in total. The second-order valence-corrected chi connectivity index (χ2v) is 7.46. The molecule has 0 amide bonds. The molecule has 8 heteroatoms. The van der Waals surface area contributed by atoms with Crippen LogP contribution < -0.4 is 0 Å². The summed E-state index contributed by atoms with van der Waals surface area (Å²) in [5.74, 6) is -0.656. The minimum atomic E-state index is -3.50. The van der Waals surface area contributed by atoms with Crippen LogP contribution in [0, 0.1) is 0 Å². The number of aryl methyl sites for hydroxylation is 1. The van der Waals surface area contributed by atoms with Crippen molar-refractivity contribution in [3.05, 3.63) is 29.8 Å². The van der Waals surface area contributed by atoms with Crippen molar-refractivity contribution in [2.45, 2.75) is 24.7 Å². The molecule has 0 unspecified atom stereocenters. The van der Waals surface area contributed by atoms with E-state index < -0.39 is 16.0 Å². The smallest absolute Gasteiger partial charge is 0.306 e. The van der Waals surface area contributed by atoms with E-state index in [4.69, 9.17) is 9.47 Å². The Morgan fingerprint density at radius 2 is 1.79 bits per heavy atom. The molecule has 24 heavy (non-hydrogen) atoms. The van der Waals surface area contributed by atoms with E-state index in [1.165, 1.54) is 11.2 Å². The number of morpholine rings is 1. The summed E-state index contributed by atoms with van der Waals surface area (Å²) >= 11 is 0.